The predicted molar refractivity (Wildman–Crippen MR) is 133 cm³/mol. The Morgan fingerprint density at radius 1 is 1.31 bits per heavy atom. The Morgan fingerprint density at radius 2 is 2.09 bits per heavy atom. The van der Waals surface area contributed by atoms with Gasteiger partial charge in [0.25, 0.3) is 0 Å². The number of thioether (sulfide) groups is 1. The summed E-state index contributed by atoms with van der Waals surface area (Å²) in [6.07, 6.45) is 8.02. The second-order valence-electron chi connectivity index (χ2n) is 8.00. The largest absolute Gasteiger partial charge is 0.402 e. The summed E-state index contributed by atoms with van der Waals surface area (Å²) < 4.78 is 0. The number of nitrogens with two attached hydrogens (primary N) is 1. The number of hydrogen-bond acceptors (Lipinski definition) is 5. The number of nitrogens with zero attached hydrogens (tertiary/aromatic N) is 2. The average Bonchev–Trinajstić information content (AvgIpc) is 3.31. The third-order valence-corrected chi connectivity index (χ3v) is 6.49. The molecule has 1 saturated heterocycles. The molecule has 0 bridgehead atoms. The lowest BCUT2D eigenvalue weighted by atomic mass is 10.0. The van der Waals surface area contributed by atoms with Crippen molar-refractivity contribution in [2.75, 3.05) is 12.3 Å². The van der Waals surface area contributed by atoms with E-state index in [1.807, 2.05) is 37.6 Å². The van der Waals surface area contributed by atoms with E-state index in [1.165, 1.54) is 5.57 Å². The highest BCUT2D eigenvalue weighted by Crippen LogP contribution is 2.27. The fourth-order valence-electron chi connectivity index (χ4n) is 3.78. The molecule has 170 valence electrons. The van der Waals surface area contributed by atoms with Crippen LogP contribution < -0.4 is 11.1 Å². The minimum absolute atomic E-state index is 0.0246. The molecule has 6 nitrogen and oxygen atoms in total. The third kappa shape index (κ3) is 6.36. The van der Waals surface area contributed by atoms with Gasteiger partial charge in [0.05, 0.1) is 5.55 Å². The number of rotatable bonds is 8. The van der Waals surface area contributed by atoms with Gasteiger partial charge >= 0.3 is 0 Å². The molecule has 0 radical (unpaired) electrons. The molecule has 2 aliphatic rings. The van der Waals surface area contributed by atoms with Crippen LogP contribution in [0.15, 0.2) is 58.9 Å². The lowest BCUT2D eigenvalue weighted by molar-refractivity contribution is -0.137. The number of amides is 2. The van der Waals surface area contributed by atoms with Gasteiger partial charge in [0.15, 0.2) is 0 Å². The SMILES string of the molecule is CC/C(N)=C\C=C/CC(=O)N1CCCC1C(=O)NCc1ccc(C2=C(C)N=CSC2)cc1. The molecule has 3 rings (SSSR count). The predicted octanol–water partition coefficient (Wildman–Crippen LogP) is 4.00. The maximum atomic E-state index is 12.8. The van der Waals surface area contributed by atoms with Crippen LogP contribution in [0.3, 0.4) is 0 Å². The summed E-state index contributed by atoms with van der Waals surface area (Å²) in [5.41, 5.74) is 12.9. The van der Waals surface area contributed by atoms with E-state index >= 15 is 0 Å². The van der Waals surface area contributed by atoms with Gasteiger partial charge < -0.3 is 16.0 Å². The zero-order valence-corrected chi connectivity index (χ0v) is 19.7. The molecule has 32 heavy (non-hydrogen) atoms. The van der Waals surface area contributed by atoms with Gasteiger partial charge in [0.1, 0.15) is 6.04 Å². The van der Waals surface area contributed by atoms with Crippen molar-refractivity contribution < 1.29 is 9.59 Å². The van der Waals surface area contributed by atoms with E-state index in [4.69, 9.17) is 5.73 Å². The lowest BCUT2D eigenvalue weighted by Crippen LogP contribution is -2.45. The molecule has 1 fully saturated rings. The molecule has 2 aliphatic heterocycles. The van der Waals surface area contributed by atoms with Crippen LogP contribution in [-0.4, -0.2) is 40.6 Å². The van der Waals surface area contributed by atoms with Crippen molar-refractivity contribution >= 4 is 34.7 Å². The molecule has 0 aliphatic carbocycles. The number of likely N-dealkylation sites (tertiary alicyclic amines) is 1. The third-order valence-electron chi connectivity index (χ3n) is 5.78. The summed E-state index contributed by atoms with van der Waals surface area (Å²) in [5.74, 6) is 0.813. The zero-order valence-electron chi connectivity index (χ0n) is 18.8. The van der Waals surface area contributed by atoms with E-state index < -0.39 is 6.04 Å². The van der Waals surface area contributed by atoms with Crippen LogP contribution in [0.2, 0.25) is 0 Å². The number of allylic oxidation sites excluding steroid dienone is 4. The Morgan fingerprint density at radius 3 is 2.81 bits per heavy atom. The number of aliphatic imine (C=N–C) groups is 1. The zero-order chi connectivity index (χ0) is 22.9. The van der Waals surface area contributed by atoms with E-state index in [1.54, 1.807) is 28.8 Å². The van der Waals surface area contributed by atoms with E-state index in [0.29, 0.717) is 19.5 Å². The van der Waals surface area contributed by atoms with Crippen molar-refractivity contribution in [3.05, 3.63) is 65.0 Å². The fourth-order valence-corrected chi connectivity index (χ4v) is 4.63. The van der Waals surface area contributed by atoms with Crippen molar-refractivity contribution in [1.29, 1.82) is 0 Å². The topological polar surface area (TPSA) is 87.8 Å². The fraction of sp³-hybridized carbons (Fsp3) is 0.400. The molecular weight excluding hydrogens is 420 g/mol. The molecule has 0 spiro atoms. The Kier molecular flexibility index (Phi) is 8.73. The summed E-state index contributed by atoms with van der Waals surface area (Å²) in [7, 11) is 0. The minimum atomic E-state index is -0.392. The number of nitrogens with one attached hydrogen (secondary N) is 1. The normalized spacial score (nSPS) is 19.1. The van der Waals surface area contributed by atoms with Gasteiger partial charge in [-0.3, -0.25) is 14.6 Å². The molecule has 0 saturated carbocycles. The maximum absolute atomic E-state index is 12.8. The van der Waals surface area contributed by atoms with Gasteiger partial charge in [-0.25, -0.2) is 0 Å². The van der Waals surface area contributed by atoms with E-state index in [-0.39, 0.29) is 18.2 Å². The molecule has 2 amide bonds. The van der Waals surface area contributed by atoms with Crippen molar-refractivity contribution in [2.24, 2.45) is 10.7 Å². The summed E-state index contributed by atoms with van der Waals surface area (Å²) in [4.78, 5) is 31.4. The first-order valence-corrected chi connectivity index (χ1v) is 12.2. The van der Waals surface area contributed by atoms with Crippen LogP contribution in [0, 0.1) is 0 Å². The Labute approximate surface area is 194 Å². The van der Waals surface area contributed by atoms with Gasteiger partial charge in [-0.2, -0.15) is 0 Å². The summed E-state index contributed by atoms with van der Waals surface area (Å²) in [5, 5.41) is 3.01. The Balaban J connectivity index is 1.52. The van der Waals surface area contributed by atoms with Crippen molar-refractivity contribution in [2.45, 2.75) is 52.1 Å². The summed E-state index contributed by atoms with van der Waals surface area (Å²) in [6, 6.07) is 7.85. The molecule has 3 N–H and O–H groups in total. The monoisotopic (exact) mass is 452 g/mol. The number of carbonyl (C=O) groups is 2. The first kappa shape index (κ1) is 23.9. The molecule has 1 aromatic rings. The highest BCUT2D eigenvalue weighted by atomic mass is 32.2. The molecule has 0 aromatic heterocycles. The van der Waals surface area contributed by atoms with Crippen LogP contribution >= 0.6 is 11.8 Å². The van der Waals surface area contributed by atoms with Crippen molar-refractivity contribution in [3.63, 3.8) is 0 Å². The second-order valence-corrected chi connectivity index (χ2v) is 8.83. The standard InChI is InChI=1S/C25H32N4O2S/c1-3-21(26)7-4-5-9-24(30)29-14-6-8-23(29)25(31)27-15-19-10-12-20(13-11-19)22-16-32-17-28-18(22)2/h4-5,7,10-13,17,23H,3,6,8-9,14-16,26H2,1-2H3,(H,27,31)/b5-4-,21-7+. The van der Waals surface area contributed by atoms with E-state index in [9.17, 15) is 9.59 Å². The maximum Gasteiger partial charge on any atom is 0.243 e. The first-order valence-electron chi connectivity index (χ1n) is 11.1. The first-order chi connectivity index (χ1) is 15.5. The molecular formula is C25H32N4O2S. The molecule has 1 aromatic carbocycles. The minimum Gasteiger partial charge on any atom is -0.402 e. The van der Waals surface area contributed by atoms with Crippen LogP contribution in [0.4, 0.5) is 0 Å². The molecule has 7 heteroatoms. The quantitative estimate of drug-likeness (QED) is 0.584. The van der Waals surface area contributed by atoms with Crippen LogP contribution in [-0.2, 0) is 16.1 Å². The smallest absolute Gasteiger partial charge is 0.243 e. The lowest BCUT2D eigenvalue weighted by Gasteiger charge is -2.23. The van der Waals surface area contributed by atoms with Gasteiger partial charge in [-0.1, -0.05) is 43.3 Å². The Hall–Kier alpha value is -2.80. The van der Waals surface area contributed by atoms with Gasteiger partial charge in [-0.05, 0) is 49.0 Å². The van der Waals surface area contributed by atoms with Gasteiger partial charge in [0, 0.05) is 36.7 Å². The highest BCUT2D eigenvalue weighted by molar-refractivity contribution is 8.12. The summed E-state index contributed by atoms with van der Waals surface area (Å²) >= 11 is 1.69. The van der Waals surface area contributed by atoms with Crippen LogP contribution in [0.1, 0.15) is 50.7 Å². The average molecular weight is 453 g/mol. The van der Waals surface area contributed by atoms with E-state index in [2.05, 4.69) is 22.4 Å². The van der Waals surface area contributed by atoms with Gasteiger partial charge in [0.2, 0.25) is 11.8 Å². The Bertz CT molecular complexity index is 947. The van der Waals surface area contributed by atoms with Crippen molar-refractivity contribution in [3.8, 4) is 0 Å². The molecule has 1 unspecified atom stereocenters. The number of benzene rings is 1. The van der Waals surface area contributed by atoms with Gasteiger partial charge in [-0.15, -0.1) is 11.8 Å². The number of hydrogen-bond donors (Lipinski definition) is 2. The van der Waals surface area contributed by atoms with Crippen molar-refractivity contribution in [1.82, 2.24) is 10.2 Å². The summed E-state index contributed by atoms with van der Waals surface area (Å²) in [6.45, 7) is 5.09. The van der Waals surface area contributed by atoms with E-state index in [0.717, 1.165) is 41.1 Å². The molecule has 2 heterocycles. The van der Waals surface area contributed by atoms with Crippen LogP contribution in [0.5, 0.6) is 0 Å². The number of carbonyl (C=O) groups excluding carboxylic acids is 2. The second kappa shape index (κ2) is 11.7. The molecule has 1 atom stereocenters. The van der Waals surface area contributed by atoms with Crippen LogP contribution in [0.25, 0.3) is 5.57 Å². The highest BCUT2D eigenvalue weighted by Gasteiger charge is 2.33.